The van der Waals surface area contributed by atoms with Crippen molar-refractivity contribution in [3.63, 3.8) is 0 Å². The number of nitrogens with zero attached hydrogens (tertiary/aromatic N) is 2. The van der Waals surface area contributed by atoms with Gasteiger partial charge in [-0.1, -0.05) is 267 Å². The molecule has 2 aromatic heterocycles. The minimum Gasteiger partial charge on any atom is -0.302 e. The van der Waals surface area contributed by atoms with Crippen molar-refractivity contribution in [2.24, 2.45) is 0 Å². The van der Waals surface area contributed by atoms with Crippen LogP contribution in [0, 0.1) is 13.8 Å². The normalized spacial score (nSPS) is 11.7. The van der Waals surface area contributed by atoms with Gasteiger partial charge in [-0.05, 0) is 152 Å². The Bertz CT molecular complexity index is 4250. The average molecular weight is 1110 g/mol. The van der Waals surface area contributed by atoms with Crippen LogP contribution in [-0.4, -0.2) is 0 Å². The van der Waals surface area contributed by atoms with Crippen molar-refractivity contribution in [2.45, 2.75) is 13.8 Å². The van der Waals surface area contributed by atoms with Crippen molar-refractivity contribution in [2.75, 3.05) is 9.80 Å². The predicted molar refractivity (Wildman–Crippen MR) is 368 cm³/mol. The lowest BCUT2D eigenvalue weighted by atomic mass is 9.89. The summed E-state index contributed by atoms with van der Waals surface area (Å²) in [6, 6.07) is 101. The zero-order valence-electron chi connectivity index (χ0n) is 46.9. The van der Waals surface area contributed by atoms with Gasteiger partial charge in [0.2, 0.25) is 0 Å². The number of thiophene rings is 2. The Labute approximate surface area is 501 Å². The first kappa shape index (κ1) is 53.2. The third kappa shape index (κ3) is 11.7. The summed E-state index contributed by atoms with van der Waals surface area (Å²) in [6.45, 7) is 4.54. The van der Waals surface area contributed by atoms with Crippen molar-refractivity contribution in [1.29, 1.82) is 0 Å². The molecule has 2 nitrogen and oxygen atoms in total. The highest BCUT2D eigenvalue weighted by Crippen LogP contribution is 2.53. The topological polar surface area (TPSA) is 6.48 Å². The first-order valence-corrected chi connectivity index (χ1v) is 30.2. The molecule has 84 heavy (non-hydrogen) atoms. The first-order valence-electron chi connectivity index (χ1n) is 28.5. The zero-order valence-corrected chi connectivity index (χ0v) is 48.5. The van der Waals surface area contributed by atoms with E-state index in [4.69, 9.17) is 0 Å². The van der Waals surface area contributed by atoms with Gasteiger partial charge in [-0.3, -0.25) is 0 Å². The minimum absolute atomic E-state index is 1.10. The Kier molecular flexibility index (Phi) is 15.6. The quantitative estimate of drug-likeness (QED) is 0.0703. The molecule has 0 amide bonds. The maximum absolute atomic E-state index is 2.43. The van der Waals surface area contributed by atoms with E-state index in [0.29, 0.717) is 0 Å². The molecule has 0 radical (unpaired) electrons. The van der Waals surface area contributed by atoms with Gasteiger partial charge in [0, 0.05) is 43.6 Å². The lowest BCUT2D eigenvalue weighted by molar-refractivity contribution is 1.29. The van der Waals surface area contributed by atoms with Gasteiger partial charge in [-0.25, -0.2) is 0 Å². The largest absolute Gasteiger partial charge is 0.302 e. The van der Waals surface area contributed by atoms with Gasteiger partial charge in [0.1, 0.15) is 10.0 Å². The predicted octanol–water partition coefficient (Wildman–Crippen LogP) is 23.7. The Morgan fingerprint density at radius 2 is 0.548 bits per heavy atom. The van der Waals surface area contributed by atoms with Crippen LogP contribution < -0.4 is 9.80 Å². The van der Waals surface area contributed by atoms with E-state index in [-0.39, 0.29) is 0 Å². The highest BCUT2D eigenvalue weighted by atomic mass is 32.1. The average Bonchev–Trinajstić information content (AvgIpc) is 3.65. The van der Waals surface area contributed by atoms with Crippen molar-refractivity contribution >= 4 is 126 Å². The third-order valence-electron chi connectivity index (χ3n) is 15.3. The summed E-state index contributed by atoms with van der Waals surface area (Å²) in [4.78, 5) is 7.34. The van der Waals surface area contributed by atoms with Crippen molar-refractivity contribution in [3.05, 3.63) is 335 Å². The van der Waals surface area contributed by atoms with Gasteiger partial charge >= 0.3 is 0 Å². The Hall–Kier alpha value is -10.1. The number of hydrogen-bond donors (Lipinski definition) is 0. The van der Waals surface area contributed by atoms with E-state index in [0.717, 1.165) is 50.0 Å². The fourth-order valence-corrected chi connectivity index (χ4v) is 13.6. The highest BCUT2D eigenvalue weighted by Gasteiger charge is 2.25. The Morgan fingerprint density at radius 1 is 0.262 bits per heavy atom. The van der Waals surface area contributed by atoms with E-state index in [1.54, 1.807) is 0 Å². The van der Waals surface area contributed by atoms with Gasteiger partial charge in [0.05, 0.1) is 0 Å². The van der Waals surface area contributed by atoms with Gasteiger partial charge in [-0.2, -0.15) is 0 Å². The van der Waals surface area contributed by atoms with Crippen LogP contribution in [-0.2, 0) is 0 Å². The molecule has 0 saturated carbocycles. The van der Waals surface area contributed by atoms with E-state index in [9.17, 15) is 0 Å². The zero-order chi connectivity index (χ0) is 56.6. The molecule has 13 rings (SSSR count). The Morgan fingerprint density at radius 3 is 0.881 bits per heavy atom. The van der Waals surface area contributed by atoms with Gasteiger partial charge in [0.15, 0.2) is 0 Å². The van der Waals surface area contributed by atoms with Crippen LogP contribution in [0.1, 0.15) is 55.6 Å². The fourth-order valence-electron chi connectivity index (χ4n) is 11.0. The third-order valence-corrected chi connectivity index (χ3v) is 17.8. The number of fused-ring (bicyclic) bond motifs is 2. The molecule has 0 bridgehead atoms. The Balaban J connectivity index is 0.894. The minimum atomic E-state index is 1.10. The molecular weight excluding hydrogens is 1050 g/mol. The standard InChI is InChI=1S/C80H60N2S2/c1-57-56-76(81(67-47-39-63(40-48-67)35-31-59-19-7-3-8-20-59)68-49-41-64(42-50-68)36-32-60-21-9-4-10-22-60)84-79(57)78-73-29-17-15-27-71(73)77(72-28-16-18-30-74(72)78)75-55-58(2)80(83-75)82(69-51-43-65(44-52-69)37-33-61-23-11-5-12-24-61)70-53-45-66(46-54-70)38-34-62-25-13-6-14-26-62/h3-56H,1-2H3/b35-31+,36-32+,37-33+,38-34+. The van der Waals surface area contributed by atoms with Crippen LogP contribution in [0.3, 0.4) is 0 Å². The van der Waals surface area contributed by atoms with Gasteiger partial charge in [0.25, 0.3) is 0 Å². The molecule has 4 heteroatoms. The number of aryl methyl sites for hydroxylation is 2. The van der Waals surface area contributed by atoms with E-state index in [1.807, 2.05) is 22.7 Å². The SMILES string of the molecule is Cc1cc(N(c2ccc(/C=C/c3ccccc3)cc2)c2ccc(/C=C/c3ccccc3)cc2)sc1-c1c2ccccc2c(-c2cc(C)c(N(c3ccc(/C=C/c4ccccc4)cc3)c3ccc(/C=C/c4ccccc4)cc3)s2)c2ccccc12. The number of anilines is 6. The summed E-state index contributed by atoms with van der Waals surface area (Å²) in [5.41, 5.74) is 18.7. The van der Waals surface area contributed by atoms with E-state index in [1.165, 1.54) is 80.8 Å². The van der Waals surface area contributed by atoms with Crippen LogP contribution in [0.15, 0.2) is 279 Å². The summed E-state index contributed by atoms with van der Waals surface area (Å²) >= 11 is 3.72. The molecule has 0 saturated heterocycles. The van der Waals surface area contributed by atoms with Crippen LogP contribution in [0.4, 0.5) is 32.8 Å². The molecular formula is C80H60N2S2. The van der Waals surface area contributed by atoms with Crippen LogP contribution >= 0.6 is 22.7 Å². The smallest absolute Gasteiger partial charge is 0.103 e. The maximum atomic E-state index is 2.43. The fraction of sp³-hybridized carbons (Fsp3) is 0.0250. The maximum Gasteiger partial charge on any atom is 0.103 e. The molecule has 0 aliphatic carbocycles. The van der Waals surface area contributed by atoms with Crippen LogP contribution in [0.5, 0.6) is 0 Å². The van der Waals surface area contributed by atoms with E-state index >= 15 is 0 Å². The van der Waals surface area contributed by atoms with Crippen molar-refractivity contribution in [1.82, 2.24) is 0 Å². The summed E-state index contributed by atoms with van der Waals surface area (Å²) in [6.07, 6.45) is 17.5. The highest BCUT2D eigenvalue weighted by molar-refractivity contribution is 7.20. The van der Waals surface area contributed by atoms with Crippen molar-refractivity contribution in [3.8, 4) is 20.9 Å². The lowest BCUT2D eigenvalue weighted by Crippen LogP contribution is -2.09. The monoisotopic (exact) mass is 1110 g/mol. The second-order valence-corrected chi connectivity index (χ2v) is 23.1. The summed E-state index contributed by atoms with van der Waals surface area (Å²) in [5, 5.41) is 7.28. The molecule has 2 heterocycles. The van der Waals surface area contributed by atoms with Gasteiger partial charge < -0.3 is 9.80 Å². The molecule has 0 atom stereocenters. The lowest BCUT2D eigenvalue weighted by Gasteiger charge is -2.25. The molecule has 13 aromatic rings. The summed E-state index contributed by atoms with van der Waals surface area (Å²) in [5.74, 6) is 0. The molecule has 0 unspecified atom stereocenters. The van der Waals surface area contributed by atoms with Crippen molar-refractivity contribution < 1.29 is 0 Å². The van der Waals surface area contributed by atoms with E-state index < -0.39 is 0 Å². The molecule has 0 spiro atoms. The van der Waals surface area contributed by atoms with Crippen LogP contribution in [0.25, 0.3) is 91.0 Å². The van der Waals surface area contributed by atoms with Gasteiger partial charge in [-0.15, -0.1) is 22.7 Å². The summed E-state index contributed by atoms with van der Waals surface area (Å²) < 4.78 is 0. The molecule has 0 N–H and O–H groups in total. The molecule has 0 fully saturated rings. The number of hydrogen-bond acceptors (Lipinski definition) is 4. The van der Waals surface area contributed by atoms with E-state index in [2.05, 4.69) is 351 Å². The number of rotatable bonds is 16. The molecule has 0 aliphatic rings. The second kappa shape index (κ2) is 24.5. The van der Waals surface area contributed by atoms with Crippen LogP contribution in [0.2, 0.25) is 0 Å². The second-order valence-electron chi connectivity index (χ2n) is 21.0. The summed E-state index contributed by atoms with van der Waals surface area (Å²) in [7, 11) is 0. The molecule has 11 aromatic carbocycles. The molecule has 0 aliphatic heterocycles. The number of benzene rings is 11. The first-order chi connectivity index (χ1) is 41.5. The molecule has 402 valence electrons.